The molecule has 0 spiro atoms. The van der Waals surface area contributed by atoms with E-state index in [0.717, 1.165) is 44.5 Å². The Morgan fingerprint density at radius 2 is 1.14 bits per heavy atom. The van der Waals surface area contributed by atoms with Crippen LogP contribution in [-0.4, -0.2) is 46.1 Å². The molecule has 5 aromatic rings. The Hall–Kier alpha value is -5.57. The monoisotopic (exact) mass is 555 g/mol. The van der Waals surface area contributed by atoms with Crippen LogP contribution in [0, 0.1) is 0 Å². The van der Waals surface area contributed by atoms with E-state index in [0.29, 0.717) is 0 Å². The molecule has 2 aliphatic rings. The number of nitrogens with one attached hydrogen (secondary N) is 1. The van der Waals surface area contributed by atoms with Gasteiger partial charge in [-0.2, -0.15) is 9.78 Å². The SMILES string of the molecule is O=C(/N=C(/NC(=O)OCC1c2ccccc2-c2ccccc21)n1cncn1)OCC1c2ccccc2-c2ccccc21. The third kappa shape index (κ3) is 4.60. The summed E-state index contributed by atoms with van der Waals surface area (Å²) in [6, 6.07) is 32.3. The molecule has 1 aromatic heterocycles. The maximum atomic E-state index is 12.9. The van der Waals surface area contributed by atoms with Crippen molar-refractivity contribution in [2.24, 2.45) is 4.99 Å². The zero-order valence-electron chi connectivity index (χ0n) is 22.4. The number of aliphatic imine (C=N–C) groups is 1. The van der Waals surface area contributed by atoms with Crippen LogP contribution in [0.4, 0.5) is 9.59 Å². The smallest absolute Gasteiger partial charge is 0.436 e. The average molecular weight is 556 g/mol. The van der Waals surface area contributed by atoms with E-state index < -0.39 is 12.2 Å². The summed E-state index contributed by atoms with van der Waals surface area (Å²) in [5.41, 5.74) is 8.86. The van der Waals surface area contributed by atoms with Crippen LogP contribution in [-0.2, 0) is 9.47 Å². The maximum Gasteiger partial charge on any atom is 0.436 e. The molecule has 0 radical (unpaired) electrons. The van der Waals surface area contributed by atoms with Crippen LogP contribution in [0.1, 0.15) is 34.1 Å². The summed E-state index contributed by atoms with van der Waals surface area (Å²) in [5, 5.41) is 6.54. The molecule has 9 heteroatoms. The van der Waals surface area contributed by atoms with Gasteiger partial charge in [-0.15, -0.1) is 4.99 Å². The van der Waals surface area contributed by atoms with Crippen LogP contribution >= 0.6 is 0 Å². The molecule has 2 amide bonds. The Morgan fingerprint density at radius 1 is 0.690 bits per heavy atom. The molecule has 4 aromatic carbocycles. The van der Waals surface area contributed by atoms with E-state index in [1.54, 1.807) is 0 Å². The van der Waals surface area contributed by atoms with E-state index in [2.05, 4.69) is 44.7 Å². The molecule has 0 aliphatic heterocycles. The van der Waals surface area contributed by atoms with Gasteiger partial charge in [0.1, 0.15) is 25.9 Å². The molecule has 0 atom stereocenters. The lowest BCUT2D eigenvalue weighted by Crippen LogP contribution is -2.37. The Labute approximate surface area is 241 Å². The normalized spacial score (nSPS) is 13.6. The number of hydrogen-bond acceptors (Lipinski definition) is 6. The van der Waals surface area contributed by atoms with Crippen LogP contribution in [0.3, 0.4) is 0 Å². The van der Waals surface area contributed by atoms with E-state index >= 15 is 0 Å². The first-order valence-corrected chi connectivity index (χ1v) is 13.6. The minimum absolute atomic E-state index is 0.0892. The summed E-state index contributed by atoms with van der Waals surface area (Å²) in [6.07, 6.45) is 0.935. The molecule has 0 bridgehead atoms. The Morgan fingerprint density at radius 3 is 1.60 bits per heavy atom. The number of fused-ring (bicyclic) bond motifs is 6. The molecular weight excluding hydrogens is 530 g/mol. The second-order valence-electron chi connectivity index (χ2n) is 10.0. The lowest BCUT2D eigenvalue weighted by molar-refractivity contribution is 0.147. The largest absolute Gasteiger partial charge is 0.448 e. The van der Waals surface area contributed by atoms with Crippen molar-refractivity contribution in [2.45, 2.75) is 11.8 Å². The number of carbonyl (C=O) groups is 2. The number of aromatic nitrogens is 3. The third-order valence-corrected chi connectivity index (χ3v) is 7.73. The second kappa shape index (κ2) is 10.8. The van der Waals surface area contributed by atoms with Gasteiger partial charge in [0, 0.05) is 11.8 Å². The molecule has 0 fully saturated rings. The van der Waals surface area contributed by atoms with E-state index in [-0.39, 0.29) is 31.0 Å². The fraction of sp³-hybridized carbons (Fsp3) is 0.121. The fourth-order valence-electron chi connectivity index (χ4n) is 5.89. The van der Waals surface area contributed by atoms with Gasteiger partial charge in [-0.1, -0.05) is 97.1 Å². The predicted molar refractivity (Wildman–Crippen MR) is 156 cm³/mol. The van der Waals surface area contributed by atoms with Crippen molar-refractivity contribution in [3.8, 4) is 22.3 Å². The van der Waals surface area contributed by atoms with Crippen molar-refractivity contribution >= 4 is 18.1 Å². The van der Waals surface area contributed by atoms with Crippen molar-refractivity contribution in [1.82, 2.24) is 20.1 Å². The highest BCUT2D eigenvalue weighted by atomic mass is 16.6. The van der Waals surface area contributed by atoms with Gasteiger partial charge in [0.25, 0.3) is 0 Å². The number of nitrogens with zero attached hydrogens (tertiary/aromatic N) is 4. The van der Waals surface area contributed by atoms with Crippen molar-refractivity contribution in [3.63, 3.8) is 0 Å². The summed E-state index contributed by atoms with van der Waals surface area (Å²) < 4.78 is 12.4. The van der Waals surface area contributed by atoms with Crippen molar-refractivity contribution in [1.29, 1.82) is 0 Å². The van der Waals surface area contributed by atoms with Crippen LogP contribution in [0.15, 0.2) is 115 Å². The highest BCUT2D eigenvalue weighted by Crippen LogP contribution is 2.45. The minimum Gasteiger partial charge on any atom is -0.448 e. The zero-order chi connectivity index (χ0) is 28.5. The van der Waals surface area contributed by atoms with Gasteiger partial charge < -0.3 is 9.47 Å². The molecule has 0 unspecified atom stereocenters. The van der Waals surface area contributed by atoms with Crippen molar-refractivity contribution in [2.75, 3.05) is 13.2 Å². The Bertz CT molecular complexity index is 1740. The molecule has 0 saturated heterocycles. The van der Waals surface area contributed by atoms with Crippen molar-refractivity contribution in [3.05, 3.63) is 132 Å². The minimum atomic E-state index is -0.874. The Balaban J connectivity index is 1.05. The van der Waals surface area contributed by atoms with Crippen LogP contribution in [0.2, 0.25) is 0 Å². The predicted octanol–water partition coefficient (Wildman–Crippen LogP) is 5.97. The van der Waals surface area contributed by atoms with E-state index in [1.807, 2.05) is 72.8 Å². The van der Waals surface area contributed by atoms with Crippen LogP contribution < -0.4 is 5.32 Å². The van der Waals surface area contributed by atoms with Gasteiger partial charge in [0.15, 0.2) is 0 Å². The average Bonchev–Trinajstić information content (AvgIpc) is 3.75. The van der Waals surface area contributed by atoms with Crippen LogP contribution in [0.25, 0.3) is 22.3 Å². The number of ether oxygens (including phenoxy) is 2. The molecule has 1 N–H and O–H groups in total. The number of amides is 2. The molecule has 42 heavy (non-hydrogen) atoms. The van der Waals surface area contributed by atoms with Crippen LogP contribution in [0.5, 0.6) is 0 Å². The van der Waals surface area contributed by atoms with Gasteiger partial charge in [0.2, 0.25) is 5.96 Å². The summed E-state index contributed by atoms with van der Waals surface area (Å²) in [7, 11) is 0. The van der Waals surface area contributed by atoms with Crippen molar-refractivity contribution < 1.29 is 19.1 Å². The lowest BCUT2D eigenvalue weighted by atomic mass is 9.98. The number of alkyl carbamates (subject to hydrolysis) is 1. The molecule has 9 nitrogen and oxygen atoms in total. The highest BCUT2D eigenvalue weighted by molar-refractivity contribution is 5.99. The van der Waals surface area contributed by atoms with Gasteiger partial charge in [0.05, 0.1) is 0 Å². The van der Waals surface area contributed by atoms with Gasteiger partial charge >= 0.3 is 12.2 Å². The number of hydrogen-bond donors (Lipinski definition) is 1. The first-order chi connectivity index (χ1) is 20.7. The molecule has 206 valence electrons. The quantitative estimate of drug-likeness (QED) is 0.216. The third-order valence-electron chi connectivity index (χ3n) is 7.73. The molecule has 2 aliphatic carbocycles. The standard InChI is InChI=1S/C33H25N5O4/c39-32(41-17-29-25-13-5-1-9-21(25)22-10-2-6-14-26(22)29)36-31(38-20-34-19-35-38)37-33(40)42-18-30-27-15-7-3-11-23(27)24-12-4-8-16-28(24)30/h1-16,19-20,29-30H,17-18H2,(H,36,37,39,40). The topological polar surface area (TPSA) is 108 Å². The van der Waals surface area contributed by atoms with E-state index in [9.17, 15) is 9.59 Å². The van der Waals surface area contributed by atoms with Gasteiger partial charge in [-0.25, -0.2) is 14.6 Å². The summed E-state index contributed by atoms with van der Waals surface area (Å²) in [4.78, 5) is 33.7. The highest BCUT2D eigenvalue weighted by Gasteiger charge is 2.30. The number of carbonyl (C=O) groups excluding carboxylic acids is 2. The summed E-state index contributed by atoms with van der Waals surface area (Å²) >= 11 is 0. The first-order valence-electron chi connectivity index (χ1n) is 13.6. The van der Waals surface area contributed by atoms with E-state index in [4.69, 9.17) is 9.47 Å². The van der Waals surface area contributed by atoms with E-state index in [1.165, 1.54) is 17.3 Å². The van der Waals surface area contributed by atoms with Gasteiger partial charge in [-0.05, 0) is 44.5 Å². The Kier molecular flexibility index (Phi) is 6.52. The molecule has 7 rings (SSSR count). The molecule has 0 saturated carbocycles. The molecular formula is C33H25N5O4. The first kappa shape index (κ1) is 25.4. The number of rotatable bonds is 4. The zero-order valence-corrected chi connectivity index (χ0v) is 22.4. The summed E-state index contributed by atoms with van der Waals surface area (Å²) in [6.45, 7) is 0.196. The molecule has 1 heterocycles. The second-order valence-corrected chi connectivity index (χ2v) is 10.0. The lowest BCUT2D eigenvalue weighted by Gasteiger charge is -2.15. The maximum absolute atomic E-state index is 12.9. The fourth-order valence-corrected chi connectivity index (χ4v) is 5.89. The van der Waals surface area contributed by atoms with Gasteiger partial charge in [-0.3, -0.25) is 5.32 Å². The number of benzene rings is 4. The summed E-state index contributed by atoms with van der Waals surface area (Å²) in [5.74, 6) is -0.416.